The largest absolute Gasteiger partial charge is 0.416 e. The van der Waals surface area contributed by atoms with Crippen LogP contribution in [0, 0.1) is 18.8 Å². The molecule has 1 aliphatic heterocycles. The van der Waals surface area contributed by atoms with Crippen LogP contribution < -0.4 is 0 Å². The summed E-state index contributed by atoms with van der Waals surface area (Å²) in [6.45, 7) is 7.25. The van der Waals surface area contributed by atoms with Crippen molar-refractivity contribution in [2.75, 3.05) is 33.2 Å². The van der Waals surface area contributed by atoms with Crippen LogP contribution in [0.25, 0.3) is 10.9 Å². The van der Waals surface area contributed by atoms with Crippen LogP contribution in [0.4, 0.5) is 13.2 Å². The lowest BCUT2D eigenvalue weighted by Crippen LogP contribution is -2.44. The molecule has 0 saturated carbocycles. The molecule has 3 aromatic carbocycles. The predicted octanol–water partition coefficient (Wildman–Crippen LogP) is 6.09. The van der Waals surface area contributed by atoms with Gasteiger partial charge in [-0.15, -0.1) is 0 Å². The van der Waals surface area contributed by atoms with Crippen molar-refractivity contribution < 1.29 is 18.0 Å². The summed E-state index contributed by atoms with van der Waals surface area (Å²) < 4.78 is 42.1. The van der Waals surface area contributed by atoms with Gasteiger partial charge in [-0.1, -0.05) is 49.1 Å². The van der Waals surface area contributed by atoms with Crippen LogP contribution in [-0.2, 0) is 25.6 Å². The lowest BCUT2D eigenvalue weighted by molar-refractivity contribution is -0.138. The van der Waals surface area contributed by atoms with Crippen LogP contribution in [-0.4, -0.2) is 58.8 Å². The first-order valence-corrected chi connectivity index (χ1v) is 14.1. The molecule has 0 spiro atoms. The van der Waals surface area contributed by atoms with Crippen LogP contribution in [0.15, 0.2) is 60.8 Å². The van der Waals surface area contributed by atoms with Crippen molar-refractivity contribution in [2.24, 2.45) is 0 Å². The number of piperazine rings is 1. The number of hydrogen-bond donors (Lipinski definition) is 0. The number of carbonyl (C=O) groups is 1. The molecule has 2 heterocycles. The van der Waals surface area contributed by atoms with Gasteiger partial charge in [0.05, 0.1) is 11.1 Å². The molecule has 0 amide bonds. The van der Waals surface area contributed by atoms with Crippen molar-refractivity contribution in [2.45, 2.75) is 39.4 Å². The van der Waals surface area contributed by atoms with E-state index < -0.39 is 11.7 Å². The molecular weight excluding hydrogens is 537 g/mol. The fourth-order valence-electron chi connectivity index (χ4n) is 5.05. The Kier molecular flexibility index (Phi) is 8.72. The van der Waals surface area contributed by atoms with Crippen LogP contribution in [0.1, 0.15) is 56.5 Å². The van der Waals surface area contributed by atoms with E-state index in [1.54, 1.807) is 24.4 Å². The molecule has 0 atom stereocenters. The van der Waals surface area contributed by atoms with Crippen molar-refractivity contribution in [3.05, 3.63) is 106 Å². The zero-order valence-electron chi connectivity index (χ0n) is 24.1. The molecule has 0 radical (unpaired) electrons. The van der Waals surface area contributed by atoms with Gasteiger partial charge in [0, 0.05) is 73.8 Å². The molecule has 1 aliphatic rings. The zero-order valence-corrected chi connectivity index (χ0v) is 24.1. The van der Waals surface area contributed by atoms with Crippen molar-refractivity contribution in [3.8, 4) is 11.8 Å². The summed E-state index contributed by atoms with van der Waals surface area (Å²) in [4.78, 5) is 26.3. The first-order valence-electron chi connectivity index (χ1n) is 14.1. The highest BCUT2D eigenvalue weighted by molar-refractivity contribution is 5.98. The monoisotopic (exact) mass is 570 g/mol. The number of rotatable bonds is 6. The minimum absolute atomic E-state index is 0.127. The van der Waals surface area contributed by atoms with Gasteiger partial charge in [0.2, 0.25) is 0 Å². The molecule has 0 aliphatic carbocycles. The Morgan fingerprint density at radius 2 is 1.76 bits per heavy atom. The van der Waals surface area contributed by atoms with Crippen molar-refractivity contribution in [1.82, 2.24) is 19.8 Å². The van der Waals surface area contributed by atoms with E-state index in [0.717, 1.165) is 66.5 Å². The van der Waals surface area contributed by atoms with Crippen LogP contribution in [0.2, 0.25) is 0 Å². The summed E-state index contributed by atoms with van der Waals surface area (Å²) in [5.74, 6) is 6.83. The van der Waals surface area contributed by atoms with E-state index in [9.17, 15) is 18.0 Å². The molecule has 8 heteroatoms. The first-order chi connectivity index (χ1) is 20.1. The molecule has 216 valence electrons. The second-order valence-electron chi connectivity index (χ2n) is 10.9. The molecule has 1 saturated heterocycles. The van der Waals surface area contributed by atoms with Gasteiger partial charge in [-0.2, -0.15) is 13.2 Å². The summed E-state index contributed by atoms with van der Waals surface area (Å²) in [6.07, 6.45) is -2.08. The van der Waals surface area contributed by atoms with E-state index in [-0.39, 0.29) is 24.3 Å². The topological polar surface area (TPSA) is 49.3 Å². The second kappa shape index (κ2) is 12.4. The lowest BCUT2D eigenvalue weighted by atomic mass is 9.96. The summed E-state index contributed by atoms with van der Waals surface area (Å²) in [6, 6.07) is 15.3. The molecule has 4 aromatic rings. The average molecular weight is 571 g/mol. The third kappa shape index (κ3) is 7.04. The second-order valence-corrected chi connectivity index (χ2v) is 10.9. The number of carbonyl (C=O) groups excluding carboxylic acids is 1. The number of benzene rings is 3. The summed E-state index contributed by atoms with van der Waals surface area (Å²) in [7, 11) is 2.01. The Balaban J connectivity index is 1.34. The number of hydrogen-bond acceptors (Lipinski definition) is 5. The Morgan fingerprint density at radius 1 is 0.976 bits per heavy atom. The van der Waals surface area contributed by atoms with Gasteiger partial charge < -0.3 is 4.90 Å². The highest BCUT2D eigenvalue weighted by Crippen LogP contribution is 2.34. The maximum Gasteiger partial charge on any atom is 0.416 e. The standard InChI is InChI=1S/C34H33F3N4O/c1-4-33-38-21-28-11-7-24(18-31(28)39-33)6-10-26-20-27(9-5-23(26)2)32(42)19-25-8-12-29(30(17-25)34(35,36)37)22-41-15-13-40(3)14-16-41/h5,7-9,11-12,17-18,20-21H,4,13-16,19,22H2,1-3H3. The third-order valence-corrected chi connectivity index (χ3v) is 7.68. The number of alkyl halides is 3. The Hall–Kier alpha value is -4.06. The van der Waals surface area contributed by atoms with E-state index in [0.29, 0.717) is 16.7 Å². The summed E-state index contributed by atoms with van der Waals surface area (Å²) in [5.41, 5.74) is 3.53. The lowest BCUT2D eigenvalue weighted by Gasteiger charge is -2.33. The molecule has 0 N–H and O–H groups in total. The summed E-state index contributed by atoms with van der Waals surface area (Å²) >= 11 is 0. The SMILES string of the molecule is CCc1ncc2ccc(C#Cc3cc(C(=O)Cc4ccc(CN5CCN(C)CC5)c(C(F)(F)F)c4)ccc3C)cc2n1. The van der Waals surface area contributed by atoms with Gasteiger partial charge in [0.15, 0.2) is 5.78 Å². The number of fused-ring (bicyclic) bond motifs is 1. The minimum Gasteiger partial charge on any atom is -0.304 e. The normalized spacial score (nSPS) is 14.5. The maximum atomic E-state index is 14.0. The fraction of sp³-hybridized carbons (Fsp3) is 0.324. The van der Waals surface area contributed by atoms with E-state index in [1.165, 1.54) is 6.07 Å². The smallest absolute Gasteiger partial charge is 0.304 e. The molecule has 0 bridgehead atoms. The maximum absolute atomic E-state index is 14.0. The van der Waals surface area contributed by atoms with Crippen molar-refractivity contribution >= 4 is 16.7 Å². The van der Waals surface area contributed by atoms with Gasteiger partial charge in [0.1, 0.15) is 5.82 Å². The number of likely N-dealkylation sites (N-methyl/N-ethyl adjacent to an activating group) is 1. The third-order valence-electron chi connectivity index (χ3n) is 7.68. The molecule has 1 aromatic heterocycles. The highest BCUT2D eigenvalue weighted by Gasteiger charge is 2.34. The molecule has 0 unspecified atom stereocenters. The van der Waals surface area contributed by atoms with E-state index >= 15 is 0 Å². The van der Waals surface area contributed by atoms with E-state index in [1.807, 2.05) is 50.1 Å². The Labute approximate surface area is 244 Å². The highest BCUT2D eigenvalue weighted by atomic mass is 19.4. The molecule has 1 fully saturated rings. The molecule has 5 nitrogen and oxygen atoms in total. The molecular formula is C34H33F3N4O. The van der Waals surface area contributed by atoms with Crippen molar-refractivity contribution in [3.63, 3.8) is 0 Å². The number of aryl methyl sites for hydroxylation is 2. The van der Waals surface area contributed by atoms with Crippen LogP contribution >= 0.6 is 0 Å². The van der Waals surface area contributed by atoms with Gasteiger partial charge in [0.25, 0.3) is 0 Å². The Bertz CT molecular complexity index is 1680. The van der Waals surface area contributed by atoms with Crippen LogP contribution in [0.5, 0.6) is 0 Å². The van der Waals surface area contributed by atoms with E-state index in [4.69, 9.17) is 0 Å². The number of aromatic nitrogens is 2. The zero-order chi connectivity index (χ0) is 29.9. The number of halogens is 3. The first kappa shape index (κ1) is 29.4. The van der Waals surface area contributed by atoms with Gasteiger partial charge in [-0.05, 0) is 54.9 Å². The summed E-state index contributed by atoms with van der Waals surface area (Å²) in [5, 5.41) is 0.933. The van der Waals surface area contributed by atoms with Crippen molar-refractivity contribution in [1.29, 1.82) is 0 Å². The van der Waals surface area contributed by atoms with Gasteiger partial charge >= 0.3 is 6.18 Å². The average Bonchev–Trinajstić information content (AvgIpc) is 2.97. The minimum atomic E-state index is -4.50. The van der Waals surface area contributed by atoms with E-state index in [2.05, 4.69) is 26.7 Å². The predicted molar refractivity (Wildman–Crippen MR) is 158 cm³/mol. The number of ketones is 1. The van der Waals surface area contributed by atoms with Crippen LogP contribution in [0.3, 0.4) is 0 Å². The van der Waals surface area contributed by atoms with Gasteiger partial charge in [-0.25, -0.2) is 9.97 Å². The number of Topliss-reactive ketones (excluding diaryl/α,β-unsaturated/α-hetero) is 1. The quantitative estimate of drug-likeness (QED) is 0.207. The fourth-order valence-corrected chi connectivity index (χ4v) is 5.05. The molecule has 42 heavy (non-hydrogen) atoms. The number of nitrogens with zero attached hydrogens (tertiary/aromatic N) is 4. The Morgan fingerprint density at radius 3 is 2.50 bits per heavy atom. The molecule has 5 rings (SSSR count). The van der Waals surface area contributed by atoms with Gasteiger partial charge in [-0.3, -0.25) is 9.69 Å².